The number of nitrogens with one attached hydrogen (secondary N) is 1. The van der Waals surface area contributed by atoms with Crippen LogP contribution < -0.4 is 28.6 Å². The van der Waals surface area contributed by atoms with E-state index in [1.165, 1.54) is 57.6 Å². The number of carbonyl (C=O) groups excluding carboxylic acids is 2. The van der Waals surface area contributed by atoms with Gasteiger partial charge in [-0.3, -0.25) is 13.9 Å². The molecule has 43 heavy (non-hydrogen) atoms. The maximum atomic E-state index is 14.3. The highest BCUT2D eigenvalue weighted by Crippen LogP contribution is 2.37. The number of hydrogen-bond donors (Lipinski definition) is 1. The Morgan fingerprint density at radius 1 is 0.860 bits per heavy atom. The quantitative estimate of drug-likeness (QED) is 0.281. The largest absolute Gasteiger partial charge is 0.497 e. The van der Waals surface area contributed by atoms with Gasteiger partial charge in [0.2, 0.25) is 11.8 Å². The zero-order valence-corrected chi connectivity index (χ0v) is 26.5. The van der Waals surface area contributed by atoms with Crippen LogP contribution >= 0.6 is 11.6 Å². The van der Waals surface area contributed by atoms with Gasteiger partial charge in [-0.05, 0) is 55.8 Å². The Balaban J connectivity index is 2.17. The third kappa shape index (κ3) is 7.82. The first-order chi connectivity index (χ1) is 20.5. The standard InChI is InChI=1S/C30H36ClN3O8S/c1-7-32-30(36)20(2)33(18-21-8-10-22(31)11-9-21)29(35)19-34(25-16-23(39-3)12-14-26(25)40-4)43(37,38)24-13-15-27(41-5)28(17-24)42-6/h8-17,20H,7,18-19H2,1-6H3,(H,32,36)/t20-/m1/s1. The van der Waals surface area contributed by atoms with Crippen molar-refractivity contribution in [1.29, 1.82) is 0 Å². The van der Waals surface area contributed by atoms with E-state index in [2.05, 4.69) is 5.32 Å². The lowest BCUT2D eigenvalue weighted by atomic mass is 10.1. The van der Waals surface area contributed by atoms with Crippen molar-refractivity contribution in [3.05, 3.63) is 71.2 Å². The zero-order valence-electron chi connectivity index (χ0n) is 24.9. The van der Waals surface area contributed by atoms with Crippen LogP contribution in [0.5, 0.6) is 23.0 Å². The SMILES string of the molecule is CCNC(=O)[C@@H](C)N(Cc1ccc(Cl)cc1)C(=O)CN(c1cc(OC)ccc1OC)S(=O)(=O)c1ccc(OC)c(OC)c1. The van der Waals surface area contributed by atoms with Crippen LogP contribution in [-0.2, 0) is 26.2 Å². The first-order valence-electron chi connectivity index (χ1n) is 13.3. The van der Waals surface area contributed by atoms with Gasteiger partial charge in [-0.1, -0.05) is 23.7 Å². The number of carbonyl (C=O) groups is 2. The van der Waals surface area contributed by atoms with Crippen LogP contribution in [-0.4, -0.2) is 72.7 Å². The molecule has 3 rings (SSSR count). The fraction of sp³-hybridized carbons (Fsp3) is 0.333. The van der Waals surface area contributed by atoms with Crippen molar-refractivity contribution >= 4 is 39.1 Å². The first kappa shape index (κ1) is 33.3. The summed E-state index contributed by atoms with van der Waals surface area (Å²) >= 11 is 6.05. The van der Waals surface area contributed by atoms with Crippen LogP contribution in [0.15, 0.2) is 65.6 Å². The second-order valence-electron chi connectivity index (χ2n) is 9.28. The van der Waals surface area contributed by atoms with Crippen molar-refractivity contribution in [1.82, 2.24) is 10.2 Å². The minimum Gasteiger partial charge on any atom is -0.497 e. The van der Waals surface area contributed by atoms with Gasteiger partial charge in [-0.15, -0.1) is 0 Å². The Kier molecular flexibility index (Phi) is 11.5. The van der Waals surface area contributed by atoms with E-state index < -0.39 is 34.4 Å². The number of sulfonamides is 1. The summed E-state index contributed by atoms with van der Waals surface area (Å²) in [5.74, 6) is -0.00142. The topological polar surface area (TPSA) is 124 Å². The fourth-order valence-electron chi connectivity index (χ4n) is 4.30. The molecule has 0 bridgehead atoms. The number of anilines is 1. The number of benzene rings is 3. The summed E-state index contributed by atoms with van der Waals surface area (Å²) < 4.78 is 51.0. The van der Waals surface area contributed by atoms with Gasteiger partial charge in [-0.2, -0.15) is 0 Å². The lowest BCUT2D eigenvalue weighted by Gasteiger charge is -2.32. The van der Waals surface area contributed by atoms with Crippen LogP contribution in [0.1, 0.15) is 19.4 Å². The maximum absolute atomic E-state index is 14.3. The Morgan fingerprint density at radius 2 is 1.49 bits per heavy atom. The predicted octanol–water partition coefficient (Wildman–Crippen LogP) is 4.12. The molecule has 0 aliphatic heterocycles. The Bertz CT molecular complexity index is 1530. The second-order valence-corrected chi connectivity index (χ2v) is 11.6. The summed E-state index contributed by atoms with van der Waals surface area (Å²) in [4.78, 5) is 28.2. The number of rotatable bonds is 14. The molecule has 0 fully saturated rings. The molecule has 0 aromatic heterocycles. The van der Waals surface area contributed by atoms with E-state index in [9.17, 15) is 18.0 Å². The fourth-order valence-corrected chi connectivity index (χ4v) is 5.86. The number of amides is 2. The zero-order chi connectivity index (χ0) is 31.7. The number of halogens is 1. The van der Waals surface area contributed by atoms with Crippen molar-refractivity contribution in [2.75, 3.05) is 45.8 Å². The number of nitrogens with zero attached hydrogens (tertiary/aromatic N) is 2. The summed E-state index contributed by atoms with van der Waals surface area (Å²) in [6.45, 7) is 3.05. The molecule has 0 spiro atoms. The summed E-state index contributed by atoms with van der Waals surface area (Å²) in [6.07, 6.45) is 0. The average Bonchev–Trinajstić information content (AvgIpc) is 3.02. The van der Waals surface area contributed by atoms with Gasteiger partial charge in [0.15, 0.2) is 11.5 Å². The van der Waals surface area contributed by atoms with E-state index in [1.54, 1.807) is 50.2 Å². The van der Waals surface area contributed by atoms with E-state index in [1.807, 2.05) is 0 Å². The van der Waals surface area contributed by atoms with Crippen molar-refractivity contribution in [3.63, 3.8) is 0 Å². The highest BCUT2D eigenvalue weighted by atomic mass is 35.5. The molecule has 0 aliphatic carbocycles. The van der Waals surface area contributed by atoms with Gasteiger partial charge in [-0.25, -0.2) is 8.42 Å². The molecule has 0 heterocycles. The van der Waals surface area contributed by atoms with E-state index in [4.69, 9.17) is 30.5 Å². The average molecular weight is 634 g/mol. The molecular weight excluding hydrogens is 598 g/mol. The molecule has 0 radical (unpaired) electrons. The molecule has 0 unspecified atom stereocenters. The van der Waals surface area contributed by atoms with Crippen LogP contribution in [0.3, 0.4) is 0 Å². The summed E-state index contributed by atoms with van der Waals surface area (Å²) in [5.41, 5.74) is 0.754. The van der Waals surface area contributed by atoms with Crippen molar-refractivity contribution in [2.45, 2.75) is 31.3 Å². The van der Waals surface area contributed by atoms with Crippen molar-refractivity contribution < 1.29 is 37.0 Å². The molecule has 2 amide bonds. The normalized spacial score (nSPS) is 11.7. The molecular formula is C30H36ClN3O8S. The number of likely N-dealkylation sites (N-methyl/N-ethyl adjacent to an activating group) is 1. The highest BCUT2D eigenvalue weighted by molar-refractivity contribution is 7.92. The highest BCUT2D eigenvalue weighted by Gasteiger charge is 2.34. The Labute approximate surface area is 257 Å². The lowest BCUT2D eigenvalue weighted by Crippen LogP contribution is -2.51. The molecule has 13 heteroatoms. The van der Waals surface area contributed by atoms with Crippen LogP contribution in [0.25, 0.3) is 0 Å². The van der Waals surface area contributed by atoms with Gasteiger partial charge in [0, 0.05) is 30.2 Å². The maximum Gasteiger partial charge on any atom is 0.265 e. The predicted molar refractivity (Wildman–Crippen MR) is 164 cm³/mol. The Hall–Kier alpha value is -4.16. The molecule has 0 saturated carbocycles. The Morgan fingerprint density at radius 3 is 2.07 bits per heavy atom. The van der Waals surface area contributed by atoms with Gasteiger partial charge in [0.05, 0.1) is 39.0 Å². The molecule has 232 valence electrons. The van der Waals surface area contributed by atoms with E-state index in [0.29, 0.717) is 28.6 Å². The molecule has 3 aromatic carbocycles. The van der Waals surface area contributed by atoms with Gasteiger partial charge < -0.3 is 29.2 Å². The van der Waals surface area contributed by atoms with Crippen molar-refractivity contribution in [3.8, 4) is 23.0 Å². The lowest BCUT2D eigenvalue weighted by molar-refractivity contribution is -0.139. The summed E-state index contributed by atoms with van der Waals surface area (Å²) in [6, 6.07) is 14.6. The summed E-state index contributed by atoms with van der Waals surface area (Å²) in [7, 11) is 1.21. The minimum atomic E-state index is -4.44. The molecule has 1 N–H and O–H groups in total. The third-order valence-corrected chi connectivity index (χ3v) is 8.67. The second kappa shape index (κ2) is 14.8. The minimum absolute atomic E-state index is 0.0216. The number of ether oxygens (including phenoxy) is 4. The van der Waals surface area contributed by atoms with Gasteiger partial charge in [0.1, 0.15) is 24.1 Å². The first-order valence-corrected chi connectivity index (χ1v) is 15.1. The molecule has 1 atom stereocenters. The van der Waals surface area contributed by atoms with E-state index >= 15 is 0 Å². The van der Waals surface area contributed by atoms with Crippen LogP contribution in [0.2, 0.25) is 5.02 Å². The van der Waals surface area contributed by atoms with Crippen molar-refractivity contribution in [2.24, 2.45) is 0 Å². The van der Waals surface area contributed by atoms with Gasteiger partial charge >= 0.3 is 0 Å². The molecule has 3 aromatic rings. The number of methoxy groups -OCH3 is 4. The molecule has 11 nitrogen and oxygen atoms in total. The summed E-state index contributed by atoms with van der Waals surface area (Å²) in [5, 5.41) is 3.24. The monoisotopic (exact) mass is 633 g/mol. The third-order valence-electron chi connectivity index (χ3n) is 6.66. The smallest absolute Gasteiger partial charge is 0.265 e. The van der Waals surface area contributed by atoms with E-state index in [-0.39, 0.29) is 28.6 Å². The molecule has 0 saturated heterocycles. The van der Waals surface area contributed by atoms with Crippen LogP contribution in [0, 0.1) is 0 Å². The number of hydrogen-bond acceptors (Lipinski definition) is 8. The molecule has 0 aliphatic rings. The van der Waals surface area contributed by atoms with E-state index in [0.717, 1.165) is 4.31 Å². The van der Waals surface area contributed by atoms with Crippen LogP contribution in [0.4, 0.5) is 5.69 Å². The van der Waals surface area contributed by atoms with Gasteiger partial charge in [0.25, 0.3) is 10.0 Å².